The smallest absolute Gasteiger partial charge is 0.226 e. The predicted octanol–water partition coefficient (Wildman–Crippen LogP) is 2.57. The number of rotatable bonds is 2. The van der Waals surface area contributed by atoms with Crippen molar-refractivity contribution in [2.24, 2.45) is 0 Å². The second kappa shape index (κ2) is 5.21. The molecule has 1 aromatic carbocycles. The van der Waals surface area contributed by atoms with Gasteiger partial charge in [0.2, 0.25) is 11.8 Å². The lowest BCUT2D eigenvalue weighted by atomic mass is 10.2. The Kier molecular flexibility index (Phi) is 3.25. The molecule has 0 saturated carbocycles. The number of methoxy groups -OCH3 is 1. The van der Waals surface area contributed by atoms with Gasteiger partial charge in [0.15, 0.2) is 5.82 Å². The lowest BCUT2D eigenvalue weighted by Gasteiger charge is -2.23. The third kappa shape index (κ3) is 2.30. The Morgan fingerprint density at radius 2 is 2.00 bits per heavy atom. The molecule has 2 heterocycles. The van der Waals surface area contributed by atoms with Gasteiger partial charge in [0.05, 0.1) is 12.8 Å². The highest BCUT2D eigenvalue weighted by molar-refractivity contribution is 5.96. The highest BCUT2D eigenvalue weighted by Gasteiger charge is 2.22. The molecule has 1 amide bonds. The third-order valence-corrected chi connectivity index (χ3v) is 3.22. The zero-order valence-corrected chi connectivity index (χ0v) is 11.2. The molecular formula is C15H15N3O2. The third-order valence-electron chi connectivity index (χ3n) is 3.22. The fourth-order valence-electron chi connectivity index (χ4n) is 2.24. The van der Waals surface area contributed by atoms with Gasteiger partial charge in [0.1, 0.15) is 0 Å². The van der Waals surface area contributed by atoms with E-state index in [0.717, 1.165) is 5.69 Å². The van der Waals surface area contributed by atoms with Gasteiger partial charge in [-0.05, 0) is 18.2 Å². The SMILES string of the molecule is COc1ccc2c(n1)N(c1ccccc1)CCC(=O)N2. The first-order valence-corrected chi connectivity index (χ1v) is 6.45. The van der Waals surface area contributed by atoms with Crippen LogP contribution in [0.25, 0.3) is 0 Å². The monoisotopic (exact) mass is 269 g/mol. The standard InChI is InChI=1S/C15H15N3O2/c1-20-14-8-7-12-15(17-14)18(10-9-13(19)16-12)11-5-3-2-4-6-11/h2-8H,9-10H2,1H3,(H,16,19). The number of benzene rings is 1. The van der Waals surface area contributed by atoms with E-state index in [2.05, 4.69) is 10.3 Å². The van der Waals surface area contributed by atoms with Crippen LogP contribution < -0.4 is 15.0 Å². The minimum atomic E-state index is -0.00310. The van der Waals surface area contributed by atoms with Crippen LogP contribution in [-0.4, -0.2) is 24.5 Å². The Labute approximate surface area is 117 Å². The number of nitrogens with one attached hydrogen (secondary N) is 1. The number of fused-ring (bicyclic) bond motifs is 1. The van der Waals surface area contributed by atoms with Gasteiger partial charge < -0.3 is 15.0 Å². The first kappa shape index (κ1) is 12.5. The number of hydrogen-bond acceptors (Lipinski definition) is 4. The van der Waals surface area contributed by atoms with Crippen LogP contribution in [0.3, 0.4) is 0 Å². The topological polar surface area (TPSA) is 54.5 Å². The second-order valence-corrected chi connectivity index (χ2v) is 4.51. The Morgan fingerprint density at radius 1 is 1.20 bits per heavy atom. The average molecular weight is 269 g/mol. The van der Waals surface area contributed by atoms with Crippen molar-refractivity contribution in [2.45, 2.75) is 6.42 Å². The molecule has 5 heteroatoms. The molecular weight excluding hydrogens is 254 g/mol. The number of aromatic nitrogens is 1. The minimum Gasteiger partial charge on any atom is -0.481 e. The van der Waals surface area contributed by atoms with Crippen LogP contribution >= 0.6 is 0 Å². The van der Waals surface area contributed by atoms with E-state index in [0.29, 0.717) is 30.4 Å². The summed E-state index contributed by atoms with van der Waals surface area (Å²) in [7, 11) is 1.58. The molecule has 0 saturated heterocycles. The lowest BCUT2D eigenvalue weighted by Crippen LogP contribution is -2.19. The summed E-state index contributed by atoms with van der Waals surface area (Å²) in [6.07, 6.45) is 0.424. The van der Waals surface area contributed by atoms with Crippen LogP contribution in [0, 0.1) is 0 Å². The van der Waals surface area contributed by atoms with Gasteiger partial charge in [-0.25, -0.2) is 0 Å². The second-order valence-electron chi connectivity index (χ2n) is 4.51. The first-order valence-electron chi connectivity index (χ1n) is 6.45. The van der Waals surface area contributed by atoms with Gasteiger partial charge in [-0.3, -0.25) is 4.79 Å². The molecule has 0 atom stereocenters. The summed E-state index contributed by atoms with van der Waals surface area (Å²) in [5.74, 6) is 1.24. The quantitative estimate of drug-likeness (QED) is 0.910. The Balaban J connectivity index is 2.10. The predicted molar refractivity (Wildman–Crippen MR) is 77.5 cm³/mol. The van der Waals surface area contributed by atoms with Crippen molar-refractivity contribution in [3.63, 3.8) is 0 Å². The van der Waals surface area contributed by atoms with Crippen LogP contribution in [0.2, 0.25) is 0 Å². The van der Waals surface area contributed by atoms with Crippen molar-refractivity contribution in [1.29, 1.82) is 0 Å². The van der Waals surface area contributed by atoms with Crippen LogP contribution in [0.15, 0.2) is 42.5 Å². The molecule has 1 aromatic heterocycles. The number of carbonyl (C=O) groups is 1. The maximum absolute atomic E-state index is 11.8. The van der Waals surface area contributed by atoms with Crippen molar-refractivity contribution >= 4 is 23.1 Å². The fourth-order valence-corrected chi connectivity index (χ4v) is 2.24. The van der Waals surface area contributed by atoms with E-state index >= 15 is 0 Å². The van der Waals surface area contributed by atoms with Crippen molar-refractivity contribution in [2.75, 3.05) is 23.9 Å². The summed E-state index contributed by atoms with van der Waals surface area (Å²) in [4.78, 5) is 18.3. The van der Waals surface area contributed by atoms with E-state index < -0.39 is 0 Å². The molecule has 0 bridgehead atoms. The van der Waals surface area contributed by atoms with Gasteiger partial charge in [0.25, 0.3) is 0 Å². The number of carbonyl (C=O) groups excluding carboxylic acids is 1. The molecule has 0 fully saturated rings. The van der Waals surface area contributed by atoms with Gasteiger partial charge in [-0.15, -0.1) is 0 Å². The number of amides is 1. The molecule has 0 unspecified atom stereocenters. The number of para-hydroxylation sites is 1. The maximum atomic E-state index is 11.8. The van der Waals surface area contributed by atoms with Crippen molar-refractivity contribution in [3.05, 3.63) is 42.5 Å². The van der Waals surface area contributed by atoms with E-state index in [9.17, 15) is 4.79 Å². The molecule has 0 spiro atoms. The average Bonchev–Trinajstić information content (AvgIpc) is 2.65. The van der Waals surface area contributed by atoms with Gasteiger partial charge >= 0.3 is 0 Å². The van der Waals surface area contributed by atoms with E-state index in [1.165, 1.54) is 0 Å². The molecule has 2 aromatic rings. The summed E-state index contributed by atoms with van der Waals surface area (Å²) < 4.78 is 5.18. The van der Waals surface area contributed by atoms with Crippen LogP contribution in [0.5, 0.6) is 5.88 Å². The van der Waals surface area contributed by atoms with Crippen LogP contribution in [0.4, 0.5) is 17.2 Å². The Bertz CT molecular complexity index is 628. The molecule has 1 aliphatic heterocycles. The maximum Gasteiger partial charge on any atom is 0.226 e. The van der Waals surface area contributed by atoms with Crippen molar-refractivity contribution in [1.82, 2.24) is 4.98 Å². The fraction of sp³-hybridized carbons (Fsp3) is 0.200. The largest absolute Gasteiger partial charge is 0.481 e. The van der Waals surface area contributed by atoms with Gasteiger partial charge in [0, 0.05) is 24.7 Å². The Morgan fingerprint density at radius 3 is 2.75 bits per heavy atom. The molecule has 1 aliphatic rings. The highest BCUT2D eigenvalue weighted by atomic mass is 16.5. The van der Waals surface area contributed by atoms with E-state index in [1.807, 2.05) is 41.3 Å². The lowest BCUT2D eigenvalue weighted by molar-refractivity contribution is -0.115. The number of hydrogen-bond donors (Lipinski definition) is 1. The number of pyridine rings is 1. The van der Waals surface area contributed by atoms with E-state index in [4.69, 9.17) is 4.74 Å². The zero-order chi connectivity index (χ0) is 13.9. The van der Waals surface area contributed by atoms with Crippen LogP contribution in [-0.2, 0) is 4.79 Å². The molecule has 102 valence electrons. The minimum absolute atomic E-state index is 0.00310. The number of nitrogens with zero attached hydrogens (tertiary/aromatic N) is 2. The van der Waals surface area contributed by atoms with Crippen molar-refractivity contribution in [3.8, 4) is 5.88 Å². The molecule has 1 N–H and O–H groups in total. The van der Waals surface area contributed by atoms with Gasteiger partial charge in [-0.1, -0.05) is 18.2 Å². The van der Waals surface area contributed by atoms with E-state index in [1.54, 1.807) is 13.2 Å². The molecule has 0 aliphatic carbocycles. The van der Waals surface area contributed by atoms with Crippen molar-refractivity contribution < 1.29 is 9.53 Å². The number of anilines is 3. The summed E-state index contributed by atoms with van der Waals surface area (Å²) in [5, 5.41) is 2.87. The molecule has 0 radical (unpaired) electrons. The van der Waals surface area contributed by atoms with Crippen LogP contribution in [0.1, 0.15) is 6.42 Å². The number of ether oxygens (including phenoxy) is 1. The molecule has 20 heavy (non-hydrogen) atoms. The summed E-state index contributed by atoms with van der Waals surface area (Å²) >= 11 is 0. The highest BCUT2D eigenvalue weighted by Crippen LogP contribution is 2.34. The van der Waals surface area contributed by atoms with Gasteiger partial charge in [-0.2, -0.15) is 4.98 Å². The normalized spacial score (nSPS) is 14.2. The summed E-state index contributed by atoms with van der Waals surface area (Å²) in [6, 6.07) is 13.5. The molecule has 3 rings (SSSR count). The molecule has 5 nitrogen and oxygen atoms in total. The zero-order valence-electron chi connectivity index (χ0n) is 11.2. The summed E-state index contributed by atoms with van der Waals surface area (Å²) in [6.45, 7) is 0.586. The Hall–Kier alpha value is -2.56. The summed E-state index contributed by atoms with van der Waals surface area (Å²) in [5.41, 5.74) is 1.71. The van der Waals surface area contributed by atoms with E-state index in [-0.39, 0.29) is 5.91 Å². The first-order chi connectivity index (χ1) is 9.78.